The smallest absolute Gasteiger partial charge is 0.335 e. The van der Waals surface area contributed by atoms with Crippen LogP contribution in [0.25, 0.3) is 0 Å². The molecule has 1 aromatic carbocycles. The van der Waals surface area contributed by atoms with Gasteiger partial charge in [-0.1, -0.05) is 0 Å². The molecule has 5 unspecified atom stereocenters. The Morgan fingerprint density at radius 3 is 2.33 bits per heavy atom. The third kappa shape index (κ3) is 3.00. The summed E-state index contributed by atoms with van der Waals surface area (Å²) >= 11 is 0. The van der Waals surface area contributed by atoms with Crippen molar-refractivity contribution in [2.75, 3.05) is 0 Å². The minimum atomic E-state index is -1.83. The van der Waals surface area contributed by atoms with Crippen LogP contribution >= 0.6 is 0 Å². The largest absolute Gasteiger partial charge is 0.508 e. The Labute approximate surface area is 118 Å². The van der Waals surface area contributed by atoms with Gasteiger partial charge in [0.2, 0.25) is 6.29 Å². The van der Waals surface area contributed by atoms with Crippen LogP contribution < -0.4 is 4.74 Å². The van der Waals surface area contributed by atoms with Gasteiger partial charge in [0.15, 0.2) is 17.6 Å². The fourth-order valence-corrected chi connectivity index (χ4v) is 1.88. The Morgan fingerprint density at radius 1 is 1.10 bits per heavy atom. The van der Waals surface area contributed by atoms with Gasteiger partial charge < -0.3 is 40.1 Å². The Morgan fingerprint density at radius 2 is 1.76 bits per heavy atom. The summed E-state index contributed by atoms with van der Waals surface area (Å²) in [6, 6.07) is 3.31. The minimum absolute atomic E-state index is 0.204. The van der Waals surface area contributed by atoms with Crippen LogP contribution in [0.15, 0.2) is 18.2 Å². The van der Waals surface area contributed by atoms with Crippen LogP contribution in [0.4, 0.5) is 0 Å². The lowest BCUT2D eigenvalue weighted by molar-refractivity contribution is -0.271. The highest BCUT2D eigenvalue weighted by molar-refractivity contribution is 5.73. The van der Waals surface area contributed by atoms with E-state index in [4.69, 9.17) is 19.7 Å². The van der Waals surface area contributed by atoms with Crippen LogP contribution in [0, 0.1) is 0 Å². The molecule has 2 rings (SSSR count). The predicted molar refractivity (Wildman–Crippen MR) is 64.7 cm³/mol. The number of aliphatic hydroxyl groups excluding tert-OH is 3. The van der Waals surface area contributed by atoms with Gasteiger partial charge in [0, 0.05) is 6.07 Å². The molecule has 1 aliphatic rings. The van der Waals surface area contributed by atoms with Crippen molar-refractivity contribution < 1.29 is 44.9 Å². The van der Waals surface area contributed by atoms with Crippen molar-refractivity contribution in [3.63, 3.8) is 0 Å². The van der Waals surface area contributed by atoms with Crippen LogP contribution in [0.3, 0.4) is 0 Å². The lowest BCUT2D eigenvalue weighted by Gasteiger charge is -2.38. The number of benzene rings is 1. The number of carboxylic acids is 1. The van der Waals surface area contributed by atoms with E-state index < -0.39 is 42.4 Å². The van der Waals surface area contributed by atoms with Crippen LogP contribution in [-0.2, 0) is 9.53 Å². The summed E-state index contributed by atoms with van der Waals surface area (Å²) in [5.41, 5.74) is 0. The monoisotopic (exact) mass is 302 g/mol. The first-order valence-electron chi connectivity index (χ1n) is 5.92. The fraction of sp³-hybridized carbons (Fsp3) is 0.417. The lowest BCUT2D eigenvalue weighted by Crippen LogP contribution is -2.61. The quantitative estimate of drug-likeness (QED) is 0.385. The first kappa shape index (κ1) is 15.3. The SMILES string of the molecule is O=C(O)C1OC(Oc2ccc(O)cc2O)C(O)C(O)C1O. The van der Waals surface area contributed by atoms with Crippen molar-refractivity contribution in [2.45, 2.75) is 30.7 Å². The number of rotatable bonds is 3. The predicted octanol–water partition coefficient (Wildman–Crippen LogP) is -1.63. The third-order valence-electron chi connectivity index (χ3n) is 3.00. The van der Waals surface area contributed by atoms with E-state index in [1.807, 2.05) is 0 Å². The van der Waals surface area contributed by atoms with Crippen molar-refractivity contribution >= 4 is 5.97 Å². The lowest BCUT2D eigenvalue weighted by atomic mass is 9.99. The fourth-order valence-electron chi connectivity index (χ4n) is 1.88. The second-order valence-corrected chi connectivity index (χ2v) is 4.50. The minimum Gasteiger partial charge on any atom is -0.508 e. The van der Waals surface area contributed by atoms with Gasteiger partial charge in [-0.15, -0.1) is 0 Å². The maximum Gasteiger partial charge on any atom is 0.335 e. The summed E-state index contributed by atoms with van der Waals surface area (Å²) in [6.07, 6.45) is -8.79. The van der Waals surface area contributed by atoms with E-state index in [0.717, 1.165) is 12.1 Å². The summed E-state index contributed by atoms with van der Waals surface area (Å²) < 4.78 is 9.96. The molecule has 1 aromatic rings. The summed E-state index contributed by atoms with van der Waals surface area (Å²) in [6.45, 7) is 0. The van der Waals surface area contributed by atoms with Crippen LogP contribution in [0.1, 0.15) is 0 Å². The van der Waals surface area contributed by atoms with Crippen LogP contribution in [0.5, 0.6) is 17.2 Å². The van der Waals surface area contributed by atoms with E-state index >= 15 is 0 Å². The van der Waals surface area contributed by atoms with Crippen LogP contribution in [-0.4, -0.2) is 67.3 Å². The summed E-state index contributed by atoms with van der Waals surface area (Å²) in [4.78, 5) is 10.9. The maximum absolute atomic E-state index is 10.9. The molecule has 0 aromatic heterocycles. The molecule has 6 N–H and O–H groups in total. The molecular formula is C12H14O9. The van der Waals surface area contributed by atoms with E-state index in [9.17, 15) is 25.2 Å². The second-order valence-electron chi connectivity index (χ2n) is 4.50. The molecule has 0 spiro atoms. The van der Waals surface area contributed by atoms with E-state index in [1.54, 1.807) is 0 Å². The molecule has 1 saturated heterocycles. The van der Waals surface area contributed by atoms with Gasteiger partial charge in [-0.05, 0) is 12.1 Å². The molecule has 5 atom stereocenters. The number of ether oxygens (including phenoxy) is 2. The average molecular weight is 302 g/mol. The molecule has 0 aliphatic carbocycles. The van der Waals surface area contributed by atoms with Crippen LogP contribution in [0.2, 0.25) is 0 Å². The maximum atomic E-state index is 10.9. The molecule has 0 bridgehead atoms. The second kappa shape index (κ2) is 5.74. The zero-order chi connectivity index (χ0) is 15.7. The highest BCUT2D eigenvalue weighted by Crippen LogP contribution is 2.32. The van der Waals surface area contributed by atoms with E-state index in [-0.39, 0.29) is 11.5 Å². The summed E-state index contributed by atoms with van der Waals surface area (Å²) in [5.74, 6) is -2.45. The molecule has 116 valence electrons. The number of phenols is 2. The Kier molecular flexibility index (Phi) is 4.19. The molecule has 0 saturated carbocycles. The Balaban J connectivity index is 2.20. The van der Waals surface area contributed by atoms with Crippen molar-refractivity contribution in [2.24, 2.45) is 0 Å². The highest BCUT2D eigenvalue weighted by atomic mass is 16.7. The van der Waals surface area contributed by atoms with Gasteiger partial charge in [0.1, 0.15) is 24.1 Å². The van der Waals surface area contributed by atoms with E-state index in [0.29, 0.717) is 0 Å². The molecule has 1 heterocycles. The van der Waals surface area contributed by atoms with Crippen molar-refractivity contribution in [3.8, 4) is 17.2 Å². The van der Waals surface area contributed by atoms with Gasteiger partial charge in [0.25, 0.3) is 0 Å². The molecule has 9 heteroatoms. The number of carbonyl (C=O) groups is 1. The number of aliphatic hydroxyl groups is 3. The molecule has 0 amide bonds. The van der Waals surface area contributed by atoms with Gasteiger partial charge in [-0.2, -0.15) is 0 Å². The molecule has 1 aliphatic heterocycles. The number of carboxylic acid groups (broad SMARTS) is 1. The number of aliphatic carboxylic acids is 1. The Hall–Kier alpha value is -2.07. The zero-order valence-electron chi connectivity index (χ0n) is 10.5. The summed E-state index contributed by atoms with van der Waals surface area (Å²) in [7, 11) is 0. The zero-order valence-corrected chi connectivity index (χ0v) is 10.5. The van der Waals surface area contributed by atoms with Crippen molar-refractivity contribution in [1.29, 1.82) is 0 Å². The number of hydrogen-bond acceptors (Lipinski definition) is 8. The van der Waals surface area contributed by atoms with Crippen molar-refractivity contribution in [3.05, 3.63) is 18.2 Å². The van der Waals surface area contributed by atoms with Gasteiger partial charge >= 0.3 is 5.97 Å². The molecule has 9 nitrogen and oxygen atoms in total. The third-order valence-corrected chi connectivity index (χ3v) is 3.00. The van der Waals surface area contributed by atoms with E-state index in [1.165, 1.54) is 6.07 Å². The first-order chi connectivity index (χ1) is 9.81. The normalized spacial score (nSPS) is 32.6. The number of hydrogen-bond donors (Lipinski definition) is 6. The molecule has 0 radical (unpaired) electrons. The Bertz CT molecular complexity index is 531. The molecule has 21 heavy (non-hydrogen) atoms. The molecule has 1 fully saturated rings. The first-order valence-corrected chi connectivity index (χ1v) is 5.92. The number of phenolic OH excluding ortho intramolecular Hbond substituents is 2. The van der Waals surface area contributed by atoms with Gasteiger partial charge in [-0.25, -0.2) is 4.79 Å². The average Bonchev–Trinajstić information content (AvgIpc) is 2.41. The van der Waals surface area contributed by atoms with E-state index in [2.05, 4.69) is 0 Å². The standard InChI is InChI=1S/C12H14O9/c13-4-1-2-6(5(14)3-4)20-12-9(17)7(15)8(16)10(21-12)11(18)19/h1-3,7-10,12-17H,(H,18,19). The highest BCUT2D eigenvalue weighted by Gasteiger charge is 2.48. The topological polar surface area (TPSA) is 157 Å². The number of aromatic hydroxyl groups is 2. The van der Waals surface area contributed by atoms with Crippen molar-refractivity contribution in [1.82, 2.24) is 0 Å². The van der Waals surface area contributed by atoms with Gasteiger partial charge in [-0.3, -0.25) is 0 Å². The van der Waals surface area contributed by atoms with Gasteiger partial charge in [0.05, 0.1) is 0 Å². The summed E-state index contributed by atoms with van der Waals surface area (Å²) in [5, 5.41) is 56.4. The molecular weight excluding hydrogens is 288 g/mol.